The second kappa shape index (κ2) is 24.0. The van der Waals surface area contributed by atoms with Crippen molar-refractivity contribution in [1.29, 1.82) is 0 Å². The van der Waals surface area contributed by atoms with Crippen LogP contribution in [0.5, 0.6) is 5.75 Å². The summed E-state index contributed by atoms with van der Waals surface area (Å²) in [5, 5.41) is 15.1. The summed E-state index contributed by atoms with van der Waals surface area (Å²) < 4.78 is 34.6. The molecule has 4 aliphatic heterocycles. The van der Waals surface area contributed by atoms with Crippen LogP contribution < -0.4 is 15.0 Å². The standard InChI is InChI=1S/C49H67ClN4O15S/c1-29-14-13-15-36(64-10)49(62)28-35(66-46(61)51-49)30(2)44-48(6,68-44)37(27-41(58)53(8)33-25-32(24-29)26-34(63-9)43(33)50)67-45(60)31(3)52(7)38(55)18-20-47(4,5)70-23-12-11-21-65-22-19-42(59)69-54-39(56)16-17-40(54)57/h11-15,25-26,30-31,35-37,44,62H,16-24,27-28H2,1-10H3,(H,51,61)/b12-11+,15-13+,29-14+/t30-,31+,35+,36-,37+,44+,48+,49+/m1/s1. The van der Waals surface area contributed by atoms with Crippen LogP contribution in [0.3, 0.4) is 0 Å². The number of nitrogens with zero attached hydrogens (tertiary/aromatic N) is 3. The van der Waals surface area contributed by atoms with Crippen LogP contribution in [0.1, 0.15) is 92.1 Å². The lowest BCUT2D eigenvalue weighted by molar-refractivity contribution is -0.198. The highest BCUT2D eigenvalue weighted by molar-refractivity contribution is 8.00. The fraction of sp³-hybridized carbons (Fsp3) is 0.612. The number of allylic oxidation sites excluding steroid dienone is 3. The minimum Gasteiger partial charge on any atom is -0.495 e. The number of fused-ring (bicyclic) bond motifs is 5. The van der Waals surface area contributed by atoms with E-state index in [-0.39, 0.29) is 67.4 Å². The molecule has 0 unspecified atom stereocenters. The minimum absolute atomic E-state index is 0.0176. The zero-order chi connectivity index (χ0) is 51.7. The Kier molecular flexibility index (Phi) is 19.1. The van der Waals surface area contributed by atoms with Crippen LogP contribution in [-0.4, -0.2) is 151 Å². The van der Waals surface area contributed by atoms with Gasteiger partial charge in [-0.05, 0) is 51.3 Å². The number of alkyl carbamates (subject to hydrolysis) is 1. The number of epoxide rings is 1. The van der Waals surface area contributed by atoms with Crippen molar-refractivity contribution in [3.8, 4) is 5.75 Å². The van der Waals surface area contributed by atoms with Gasteiger partial charge < -0.3 is 48.2 Å². The summed E-state index contributed by atoms with van der Waals surface area (Å²) in [5.74, 6) is -2.98. The predicted octanol–water partition coefficient (Wildman–Crippen LogP) is 5.38. The number of imide groups is 1. The molecule has 4 bridgehead atoms. The SMILES string of the molecule is COc1cc2cc(c1Cl)N(C)C(=O)C[C@H](OC(=O)[C@H](C)N(C)C(=O)CCC(C)(C)SC/C=C/COCCC(=O)ON1C(=O)CCC1=O)[C@]1(C)O[C@H]1[C@H](C)[C@@H]1C[C@@](O)(NC(=O)O1)[C@H](OC)/C=C/C=C(\C)C2. The summed E-state index contributed by atoms with van der Waals surface area (Å²) in [6.07, 6.45) is 4.80. The largest absolute Gasteiger partial charge is 0.495 e. The Labute approximate surface area is 418 Å². The van der Waals surface area contributed by atoms with E-state index in [0.29, 0.717) is 35.1 Å². The molecule has 19 nitrogen and oxygen atoms in total. The Hall–Kier alpha value is -4.99. The fourth-order valence-electron chi connectivity index (χ4n) is 8.40. The van der Waals surface area contributed by atoms with Gasteiger partial charge in [0, 0.05) is 63.3 Å². The maximum Gasteiger partial charge on any atom is 0.409 e. The number of carbonyl (C=O) groups excluding carboxylic acids is 7. The molecule has 3 fully saturated rings. The number of nitrogens with one attached hydrogen (secondary N) is 1. The number of thioether (sulfide) groups is 1. The van der Waals surface area contributed by atoms with Crippen molar-refractivity contribution in [3.05, 3.63) is 58.7 Å². The number of benzene rings is 1. The normalized spacial score (nSPS) is 28.0. The van der Waals surface area contributed by atoms with E-state index in [1.54, 1.807) is 69.9 Å². The summed E-state index contributed by atoms with van der Waals surface area (Å²) in [6.45, 7) is 11.2. The van der Waals surface area contributed by atoms with Crippen molar-refractivity contribution in [2.24, 2.45) is 5.92 Å². The quantitative estimate of drug-likeness (QED) is 0.0657. The second-order valence-corrected chi connectivity index (χ2v) is 20.9. The maximum absolute atomic E-state index is 14.3. The monoisotopic (exact) mass is 1020 g/mol. The number of aliphatic hydroxyl groups is 1. The minimum atomic E-state index is -1.86. The van der Waals surface area contributed by atoms with Crippen molar-refractivity contribution in [1.82, 2.24) is 15.3 Å². The van der Waals surface area contributed by atoms with Gasteiger partial charge in [-0.2, -0.15) is 11.8 Å². The molecular weight excluding hydrogens is 952 g/mol. The van der Waals surface area contributed by atoms with Gasteiger partial charge in [-0.3, -0.25) is 24.5 Å². The van der Waals surface area contributed by atoms with Gasteiger partial charge in [-0.25, -0.2) is 14.4 Å². The van der Waals surface area contributed by atoms with Crippen molar-refractivity contribution < 1.29 is 71.9 Å². The van der Waals surface area contributed by atoms with E-state index in [2.05, 4.69) is 5.32 Å². The Morgan fingerprint density at radius 1 is 1.10 bits per heavy atom. The topological polar surface area (TPSA) is 229 Å². The second-order valence-electron chi connectivity index (χ2n) is 18.8. The molecule has 5 rings (SSSR count). The Morgan fingerprint density at radius 3 is 2.47 bits per heavy atom. The Balaban J connectivity index is 1.24. The van der Waals surface area contributed by atoms with Gasteiger partial charge in [0.25, 0.3) is 11.8 Å². The number of methoxy groups -OCH3 is 2. The van der Waals surface area contributed by atoms with E-state index in [4.69, 9.17) is 44.9 Å². The molecule has 0 radical (unpaired) electrons. The van der Waals surface area contributed by atoms with Gasteiger partial charge >= 0.3 is 18.0 Å². The number of rotatable bonds is 17. The molecule has 5 amide bonds. The molecule has 3 saturated heterocycles. The smallest absolute Gasteiger partial charge is 0.409 e. The molecule has 386 valence electrons. The van der Waals surface area contributed by atoms with Crippen LogP contribution in [0, 0.1) is 5.92 Å². The van der Waals surface area contributed by atoms with E-state index < -0.39 is 83.5 Å². The van der Waals surface area contributed by atoms with Crippen LogP contribution in [-0.2, 0) is 63.7 Å². The first-order chi connectivity index (χ1) is 32.9. The number of hydrogen-bond donors (Lipinski definition) is 2. The number of carbonyl (C=O) groups is 7. The van der Waals surface area contributed by atoms with Crippen LogP contribution in [0.15, 0.2) is 48.1 Å². The van der Waals surface area contributed by atoms with Crippen LogP contribution >= 0.6 is 23.4 Å². The summed E-state index contributed by atoms with van der Waals surface area (Å²) >= 11 is 8.43. The molecular formula is C49H67ClN4O15S. The highest BCUT2D eigenvalue weighted by atomic mass is 35.5. The number of hydroxylamine groups is 2. The molecule has 2 N–H and O–H groups in total. The third-order valence-corrected chi connectivity index (χ3v) is 14.8. The number of ether oxygens (including phenoxy) is 6. The van der Waals surface area contributed by atoms with Gasteiger partial charge in [0.05, 0.1) is 45.0 Å². The lowest BCUT2D eigenvalue weighted by Gasteiger charge is -2.42. The van der Waals surface area contributed by atoms with E-state index in [0.717, 1.165) is 11.1 Å². The van der Waals surface area contributed by atoms with Gasteiger partial charge in [0.15, 0.2) is 5.72 Å². The van der Waals surface area contributed by atoms with E-state index >= 15 is 0 Å². The van der Waals surface area contributed by atoms with Gasteiger partial charge in [0.2, 0.25) is 11.8 Å². The molecule has 0 aromatic heterocycles. The first-order valence-corrected chi connectivity index (χ1v) is 24.6. The first-order valence-electron chi connectivity index (χ1n) is 23.2. The lowest BCUT2D eigenvalue weighted by Crippen LogP contribution is -2.63. The molecule has 0 saturated carbocycles. The van der Waals surface area contributed by atoms with Gasteiger partial charge in [0.1, 0.15) is 40.7 Å². The molecule has 0 spiro atoms. The summed E-state index contributed by atoms with van der Waals surface area (Å²) in [6, 6.07) is 2.50. The van der Waals surface area contributed by atoms with E-state index in [1.807, 2.05) is 32.9 Å². The summed E-state index contributed by atoms with van der Waals surface area (Å²) in [7, 11) is 5.97. The summed E-state index contributed by atoms with van der Waals surface area (Å²) in [4.78, 5) is 97.7. The molecule has 4 heterocycles. The highest BCUT2D eigenvalue weighted by Gasteiger charge is 2.64. The van der Waals surface area contributed by atoms with Gasteiger partial charge in [-0.15, -0.1) is 5.06 Å². The molecule has 70 heavy (non-hydrogen) atoms. The van der Waals surface area contributed by atoms with Crippen LogP contribution in [0.25, 0.3) is 0 Å². The number of esters is 1. The third-order valence-electron chi connectivity index (χ3n) is 13.1. The van der Waals surface area contributed by atoms with Crippen molar-refractivity contribution in [2.45, 2.75) is 139 Å². The average Bonchev–Trinajstić information content (AvgIpc) is 3.91. The Bertz CT molecular complexity index is 2220. The van der Waals surface area contributed by atoms with Crippen LogP contribution in [0.4, 0.5) is 10.5 Å². The summed E-state index contributed by atoms with van der Waals surface area (Å²) in [5.41, 5.74) is -1.08. The number of amides is 5. The number of hydrogen-bond acceptors (Lipinski definition) is 16. The van der Waals surface area contributed by atoms with Gasteiger partial charge in [-0.1, -0.05) is 68.3 Å². The number of anilines is 1. The number of halogens is 1. The van der Waals surface area contributed by atoms with Crippen molar-refractivity contribution >= 4 is 70.7 Å². The zero-order valence-corrected chi connectivity index (χ0v) is 43.1. The van der Waals surface area contributed by atoms with E-state index in [1.165, 1.54) is 31.1 Å². The predicted molar refractivity (Wildman–Crippen MR) is 258 cm³/mol. The van der Waals surface area contributed by atoms with Crippen LogP contribution in [0.2, 0.25) is 5.02 Å². The highest BCUT2D eigenvalue weighted by Crippen LogP contribution is 2.49. The molecule has 4 aliphatic rings. The fourth-order valence-corrected chi connectivity index (χ4v) is 9.64. The Morgan fingerprint density at radius 2 is 1.80 bits per heavy atom. The van der Waals surface area contributed by atoms with E-state index in [9.17, 15) is 38.7 Å². The third kappa shape index (κ3) is 14.1. The maximum atomic E-state index is 14.3. The molecule has 21 heteroatoms. The lowest BCUT2D eigenvalue weighted by atomic mass is 9.83. The van der Waals surface area contributed by atoms with Crippen molar-refractivity contribution in [3.63, 3.8) is 0 Å². The molecule has 1 aromatic rings. The molecule has 8 atom stereocenters. The number of likely N-dealkylation sites (N-methyl/N-ethyl adjacent to an activating group) is 1. The molecule has 1 aromatic carbocycles. The average molecular weight is 1020 g/mol. The molecule has 0 aliphatic carbocycles. The van der Waals surface area contributed by atoms with Crippen molar-refractivity contribution in [2.75, 3.05) is 52.2 Å². The first kappa shape index (κ1) is 55.9. The zero-order valence-electron chi connectivity index (χ0n) is 41.6.